The number of carboxylic acids is 1. The van der Waals surface area contributed by atoms with Crippen LogP contribution in [0.15, 0.2) is 24.5 Å². The normalized spacial score (nSPS) is 22.5. The Kier molecular flexibility index (Phi) is 3.45. The SMILES string of the molecule is CC1CC(C(=O)O)CN(c2ncnc3cccc(F)c23)C1. The van der Waals surface area contributed by atoms with Crippen molar-refractivity contribution in [3.8, 4) is 0 Å². The summed E-state index contributed by atoms with van der Waals surface area (Å²) in [5, 5.41) is 9.61. The number of hydrogen-bond donors (Lipinski definition) is 1. The molecule has 0 bridgehead atoms. The number of hydrogen-bond acceptors (Lipinski definition) is 4. The van der Waals surface area contributed by atoms with E-state index in [1.54, 1.807) is 12.1 Å². The Bertz CT molecular complexity index is 686. The number of anilines is 1. The lowest BCUT2D eigenvalue weighted by atomic mass is 9.90. The van der Waals surface area contributed by atoms with Crippen LogP contribution < -0.4 is 4.90 Å². The van der Waals surface area contributed by atoms with Crippen LogP contribution in [0.3, 0.4) is 0 Å². The molecule has 1 aliphatic heterocycles. The van der Waals surface area contributed by atoms with Gasteiger partial charge in [0, 0.05) is 13.1 Å². The van der Waals surface area contributed by atoms with Gasteiger partial charge in [-0.25, -0.2) is 14.4 Å². The Morgan fingerprint density at radius 2 is 2.19 bits per heavy atom. The summed E-state index contributed by atoms with van der Waals surface area (Å²) in [6.45, 7) is 3.02. The molecule has 6 heteroatoms. The first kappa shape index (κ1) is 13.7. The lowest BCUT2D eigenvalue weighted by Gasteiger charge is -2.35. The fourth-order valence-electron chi connectivity index (χ4n) is 3.00. The maximum absolute atomic E-state index is 14.1. The van der Waals surface area contributed by atoms with Crippen LogP contribution in [0, 0.1) is 17.7 Å². The van der Waals surface area contributed by atoms with Gasteiger partial charge in [0.25, 0.3) is 0 Å². The van der Waals surface area contributed by atoms with Gasteiger partial charge >= 0.3 is 5.97 Å². The highest BCUT2D eigenvalue weighted by atomic mass is 19.1. The number of nitrogens with zero attached hydrogens (tertiary/aromatic N) is 3. The highest BCUT2D eigenvalue weighted by Gasteiger charge is 2.31. The van der Waals surface area contributed by atoms with Crippen LogP contribution in [0.4, 0.5) is 10.2 Å². The maximum atomic E-state index is 14.1. The monoisotopic (exact) mass is 289 g/mol. The number of aliphatic carboxylic acids is 1. The van der Waals surface area contributed by atoms with E-state index in [1.807, 2.05) is 11.8 Å². The summed E-state index contributed by atoms with van der Waals surface area (Å²) in [5.41, 5.74) is 0.533. The first-order valence-electron chi connectivity index (χ1n) is 6.93. The van der Waals surface area contributed by atoms with Crippen molar-refractivity contribution in [1.82, 2.24) is 9.97 Å². The average molecular weight is 289 g/mol. The van der Waals surface area contributed by atoms with Gasteiger partial charge in [-0.1, -0.05) is 13.0 Å². The topological polar surface area (TPSA) is 66.3 Å². The van der Waals surface area contributed by atoms with E-state index in [4.69, 9.17) is 0 Å². The summed E-state index contributed by atoms with van der Waals surface area (Å²) in [6, 6.07) is 4.70. The second kappa shape index (κ2) is 5.27. The molecular weight excluding hydrogens is 273 g/mol. The van der Waals surface area contributed by atoms with E-state index in [9.17, 15) is 14.3 Å². The van der Waals surface area contributed by atoms with Gasteiger partial charge in [-0.15, -0.1) is 0 Å². The van der Waals surface area contributed by atoms with E-state index < -0.39 is 11.9 Å². The molecule has 0 aliphatic carbocycles. The molecule has 1 N–H and O–H groups in total. The average Bonchev–Trinajstić information content (AvgIpc) is 2.46. The van der Waals surface area contributed by atoms with Gasteiger partial charge in [0.1, 0.15) is 18.0 Å². The van der Waals surface area contributed by atoms with Gasteiger partial charge < -0.3 is 10.0 Å². The van der Waals surface area contributed by atoms with E-state index in [2.05, 4.69) is 9.97 Å². The Hall–Kier alpha value is -2.24. The van der Waals surface area contributed by atoms with Gasteiger partial charge in [0.05, 0.1) is 16.8 Å². The number of aromatic nitrogens is 2. The minimum atomic E-state index is -0.814. The molecule has 2 atom stereocenters. The van der Waals surface area contributed by atoms with Gasteiger partial charge in [0.2, 0.25) is 0 Å². The third-order valence-corrected chi connectivity index (χ3v) is 3.90. The van der Waals surface area contributed by atoms with Crippen LogP contribution >= 0.6 is 0 Å². The molecule has 2 aromatic rings. The zero-order chi connectivity index (χ0) is 15.0. The molecule has 1 fully saturated rings. The predicted octanol–water partition coefficient (Wildman–Crippen LogP) is 2.32. The molecule has 0 saturated carbocycles. The van der Waals surface area contributed by atoms with Crippen molar-refractivity contribution in [3.63, 3.8) is 0 Å². The number of piperidine rings is 1. The number of rotatable bonds is 2. The third-order valence-electron chi connectivity index (χ3n) is 3.90. The van der Waals surface area contributed by atoms with E-state index in [1.165, 1.54) is 12.4 Å². The summed E-state index contributed by atoms with van der Waals surface area (Å²) in [5.74, 6) is -0.948. The number of benzene rings is 1. The standard InChI is InChI=1S/C15H16FN3O2/c1-9-5-10(15(20)21)7-19(6-9)14-13-11(16)3-2-4-12(13)17-8-18-14/h2-4,8-10H,5-7H2,1H3,(H,20,21). The van der Waals surface area contributed by atoms with Crippen LogP contribution in [0.25, 0.3) is 10.9 Å². The van der Waals surface area contributed by atoms with Crippen molar-refractivity contribution in [2.45, 2.75) is 13.3 Å². The van der Waals surface area contributed by atoms with Gasteiger partial charge in [-0.05, 0) is 24.5 Å². The van der Waals surface area contributed by atoms with E-state index in [0.29, 0.717) is 36.2 Å². The Labute approximate surface area is 121 Å². The minimum Gasteiger partial charge on any atom is -0.481 e. The highest BCUT2D eigenvalue weighted by Crippen LogP contribution is 2.31. The summed E-state index contributed by atoms with van der Waals surface area (Å²) in [7, 11) is 0. The summed E-state index contributed by atoms with van der Waals surface area (Å²) < 4.78 is 14.1. The zero-order valence-electron chi connectivity index (χ0n) is 11.7. The van der Waals surface area contributed by atoms with Gasteiger partial charge in [0.15, 0.2) is 0 Å². The first-order valence-corrected chi connectivity index (χ1v) is 6.93. The minimum absolute atomic E-state index is 0.219. The fraction of sp³-hybridized carbons (Fsp3) is 0.400. The number of fused-ring (bicyclic) bond motifs is 1. The molecule has 1 saturated heterocycles. The lowest BCUT2D eigenvalue weighted by molar-refractivity contribution is -0.142. The smallest absolute Gasteiger partial charge is 0.308 e. The van der Waals surface area contributed by atoms with Crippen molar-refractivity contribution in [3.05, 3.63) is 30.3 Å². The molecule has 3 rings (SSSR count). The van der Waals surface area contributed by atoms with Crippen LogP contribution in [-0.2, 0) is 4.79 Å². The van der Waals surface area contributed by atoms with E-state index in [0.717, 1.165) is 0 Å². The van der Waals surface area contributed by atoms with Crippen molar-refractivity contribution in [1.29, 1.82) is 0 Å². The highest BCUT2D eigenvalue weighted by molar-refractivity contribution is 5.90. The van der Waals surface area contributed by atoms with Crippen molar-refractivity contribution >= 4 is 22.7 Å². The molecule has 5 nitrogen and oxygen atoms in total. The van der Waals surface area contributed by atoms with Crippen LogP contribution in [-0.4, -0.2) is 34.1 Å². The molecule has 1 aliphatic rings. The van der Waals surface area contributed by atoms with Gasteiger partial charge in [-0.2, -0.15) is 0 Å². The lowest BCUT2D eigenvalue weighted by Crippen LogP contribution is -2.43. The second-order valence-corrected chi connectivity index (χ2v) is 5.61. The number of carboxylic acid groups (broad SMARTS) is 1. The molecule has 0 spiro atoms. The van der Waals surface area contributed by atoms with Crippen LogP contribution in [0.5, 0.6) is 0 Å². The van der Waals surface area contributed by atoms with E-state index in [-0.39, 0.29) is 11.7 Å². The maximum Gasteiger partial charge on any atom is 0.308 e. The van der Waals surface area contributed by atoms with Crippen LogP contribution in [0.2, 0.25) is 0 Å². The zero-order valence-corrected chi connectivity index (χ0v) is 11.7. The first-order chi connectivity index (χ1) is 10.1. The predicted molar refractivity (Wildman–Crippen MR) is 76.6 cm³/mol. The third kappa shape index (κ3) is 2.53. The molecule has 2 heterocycles. The molecule has 0 amide bonds. The molecular formula is C15H16FN3O2. The number of halogens is 1. The second-order valence-electron chi connectivity index (χ2n) is 5.61. The quantitative estimate of drug-likeness (QED) is 0.919. The Morgan fingerprint density at radius 1 is 1.38 bits per heavy atom. The molecule has 21 heavy (non-hydrogen) atoms. The molecule has 1 aromatic carbocycles. The van der Waals surface area contributed by atoms with Crippen LogP contribution in [0.1, 0.15) is 13.3 Å². The van der Waals surface area contributed by atoms with Crippen molar-refractivity contribution < 1.29 is 14.3 Å². The number of carbonyl (C=O) groups is 1. The van der Waals surface area contributed by atoms with Crippen molar-refractivity contribution in [2.24, 2.45) is 11.8 Å². The summed E-state index contributed by atoms with van der Waals surface area (Å²) in [4.78, 5) is 21.4. The fourth-order valence-corrected chi connectivity index (χ4v) is 3.00. The van der Waals surface area contributed by atoms with Crippen molar-refractivity contribution in [2.75, 3.05) is 18.0 Å². The summed E-state index contributed by atoms with van der Waals surface area (Å²) >= 11 is 0. The Balaban J connectivity index is 2.05. The van der Waals surface area contributed by atoms with Gasteiger partial charge in [-0.3, -0.25) is 4.79 Å². The molecule has 0 radical (unpaired) electrons. The molecule has 110 valence electrons. The largest absolute Gasteiger partial charge is 0.481 e. The summed E-state index contributed by atoms with van der Waals surface area (Å²) in [6.07, 6.45) is 2.03. The molecule has 2 unspecified atom stereocenters. The Morgan fingerprint density at radius 3 is 2.95 bits per heavy atom. The molecule has 1 aromatic heterocycles. The van der Waals surface area contributed by atoms with E-state index >= 15 is 0 Å².